The molecule has 3 nitrogen and oxygen atoms in total. The summed E-state index contributed by atoms with van der Waals surface area (Å²) >= 11 is 0. The minimum Gasteiger partial charge on any atom is -0.197 e. The average molecular weight is 343 g/mol. The van der Waals surface area contributed by atoms with Gasteiger partial charge >= 0.3 is 0 Å². The van der Waals surface area contributed by atoms with Crippen LogP contribution in [0, 0.1) is 34.0 Å². The molecule has 0 bridgehead atoms. The summed E-state index contributed by atoms with van der Waals surface area (Å²) in [5, 5.41) is 29.8. The van der Waals surface area contributed by atoms with Gasteiger partial charge in [-0.1, -0.05) is 78.9 Å². The summed E-state index contributed by atoms with van der Waals surface area (Å²) in [5.41, 5.74) is 3.39. The molecule has 0 heterocycles. The highest BCUT2D eigenvalue weighted by atomic mass is 14.5. The van der Waals surface area contributed by atoms with E-state index in [9.17, 15) is 15.8 Å². The quantitative estimate of drug-likeness (QED) is 0.616. The van der Waals surface area contributed by atoms with Crippen molar-refractivity contribution in [2.24, 2.45) is 0 Å². The van der Waals surface area contributed by atoms with Gasteiger partial charge in [-0.3, -0.25) is 0 Å². The standard InChI is InChI=1S/C24H13N3/c25-14-18(15-26)23(17-8-2-1-3-9-17)24(16-27)21-12-6-4-10-19(21)20-11-5-7-13-22(20)24/h1-13H. The smallest absolute Gasteiger partial charge is 0.136 e. The van der Waals surface area contributed by atoms with E-state index in [1.807, 2.05) is 91.0 Å². The minimum atomic E-state index is -1.21. The van der Waals surface area contributed by atoms with Gasteiger partial charge in [0.15, 0.2) is 0 Å². The Morgan fingerprint density at radius 1 is 0.630 bits per heavy atom. The summed E-state index contributed by atoms with van der Waals surface area (Å²) < 4.78 is 0. The van der Waals surface area contributed by atoms with Gasteiger partial charge in [-0.05, 0) is 27.8 Å². The van der Waals surface area contributed by atoms with Crippen LogP contribution in [0.25, 0.3) is 16.7 Å². The Balaban J connectivity index is 2.21. The molecule has 0 radical (unpaired) electrons. The van der Waals surface area contributed by atoms with Crippen molar-refractivity contribution in [1.82, 2.24) is 0 Å². The molecule has 1 aliphatic carbocycles. The first-order valence-corrected chi connectivity index (χ1v) is 8.49. The second kappa shape index (κ2) is 6.30. The van der Waals surface area contributed by atoms with Crippen LogP contribution in [0.2, 0.25) is 0 Å². The van der Waals surface area contributed by atoms with Gasteiger partial charge in [-0.15, -0.1) is 0 Å². The number of nitriles is 3. The molecule has 3 aromatic rings. The first-order valence-electron chi connectivity index (χ1n) is 8.49. The third kappa shape index (κ3) is 2.18. The van der Waals surface area contributed by atoms with Crippen LogP contribution < -0.4 is 0 Å². The van der Waals surface area contributed by atoms with Crippen molar-refractivity contribution in [1.29, 1.82) is 15.8 Å². The maximum atomic E-state index is 10.5. The summed E-state index contributed by atoms with van der Waals surface area (Å²) in [7, 11) is 0. The van der Waals surface area contributed by atoms with Crippen molar-refractivity contribution >= 4 is 5.57 Å². The molecular formula is C24H13N3. The lowest BCUT2D eigenvalue weighted by atomic mass is 9.69. The molecule has 0 saturated heterocycles. The highest BCUT2D eigenvalue weighted by molar-refractivity contribution is 5.97. The summed E-state index contributed by atoms with van der Waals surface area (Å²) in [6, 6.07) is 31.2. The van der Waals surface area contributed by atoms with Crippen molar-refractivity contribution in [2.45, 2.75) is 5.41 Å². The molecule has 0 N–H and O–H groups in total. The molecule has 0 amide bonds. The Morgan fingerprint density at radius 3 is 1.59 bits per heavy atom. The highest BCUT2D eigenvalue weighted by Crippen LogP contribution is 2.55. The number of benzene rings is 3. The molecule has 0 atom stereocenters. The van der Waals surface area contributed by atoms with Crippen LogP contribution in [0.4, 0.5) is 0 Å². The van der Waals surface area contributed by atoms with E-state index in [0.29, 0.717) is 11.1 Å². The maximum Gasteiger partial charge on any atom is 0.136 e. The van der Waals surface area contributed by atoms with E-state index in [1.54, 1.807) is 0 Å². The van der Waals surface area contributed by atoms with E-state index in [4.69, 9.17) is 0 Å². The zero-order chi connectivity index (χ0) is 18.9. The van der Waals surface area contributed by atoms with Crippen molar-refractivity contribution in [2.75, 3.05) is 0 Å². The second-order valence-corrected chi connectivity index (χ2v) is 6.29. The Hall–Kier alpha value is -4.13. The average Bonchev–Trinajstić information content (AvgIpc) is 3.03. The molecule has 0 aliphatic heterocycles. The Bertz CT molecular complexity index is 1140. The van der Waals surface area contributed by atoms with Crippen LogP contribution in [0.5, 0.6) is 0 Å². The van der Waals surface area contributed by atoms with Gasteiger partial charge < -0.3 is 0 Å². The largest absolute Gasteiger partial charge is 0.197 e. The predicted octanol–water partition coefficient (Wildman–Crippen LogP) is 4.98. The Labute approximate surface area is 157 Å². The lowest BCUT2D eigenvalue weighted by Gasteiger charge is -2.28. The first kappa shape index (κ1) is 16.3. The number of allylic oxidation sites excluding steroid dienone is 2. The molecular weight excluding hydrogens is 330 g/mol. The minimum absolute atomic E-state index is 0.0470. The molecule has 4 rings (SSSR count). The molecule has 3 aromatic carbocycles. The number of rotatable bonds is 2. The summed E-state index contributed by atoms with van der Waals surface area (Å²) in [5.74, 6) is 0. The van der Waals surface area contributed by atoms with E-state index in [0.717, 1.165) is 22.3 Å². The van der Waals surface area contributed by atoms with Crippen LogP contribution >= 0.6 is 0 Å². The van der Waals surface area contributed by atoms with Crippen molar-refractivity contribution < 1.29 is 0 Å². The number of hydrogen-bond acceptors (Lipinski definition) is 3. The van der Waals surface area contributed by atoms with Gasteiger partial charge in [-0.25, -0.2) is 0 Å². The van der Waals surface area contributed by atoms with Crippen LogP contribution in [0.3, 0.4) is 0 Å². The van der Waals surface area contributed by atoms with Crippen molar-refractivity contribution in [3.63, 3.8) is 0 Å². The molecule has 0 saturated carbocycles. The van der Waals surface area contributed by atoms with Gasteiger partial charge in [0.25, 0.3) is 0 Å². The zero-order valence-electron chi connectivity index (χ0n) is 14.3. The lowest BCUT2D eigenvalue weighted by molar-refractivity contribution is 0.881. The van der Waals surface area contributed by atoms with E-state index in [1.165, 1.54) is 0 Å². The molecule has 0 aromatic heterocycles. The summed E-state index contributed by atoms with van der Waals surface area (Å²) in [6.45, 7) is 0. The van der Waals surface area contributed by atoms with Crippen molar-refractivity contribution in [3.8, 4) is 29.3 Å². The third-order valence-corrected chi connectivity index (χ3v) is 5.03. The summed E-state index contributed by atoms with van der Waals surface area (Å²) in [4.78, 5) is 0. The highest BCUT2D eigenvalue weighted by Gasteiger charge is 2.48. The van der Waals surface area contributed by atoms with Gasteiger partial charge in [0.2, 0.25) is 0 Å². The molecule has 0 unspecified atom stereocenters. The van der Waals surface area contributed by atoms with E-state index < -0.39 is 5.41 Å². The van der Waals surface area contributed by atoms with E-state index in [-0.39, 0.29) is 5.57 Å². The fraction of sp³-hybridized carbons (Fsp3) is 0.0417. The number of fused-ring (bicyclic) bond motifs is 3. The first-order chi connectivity index (χ1) is 13.3. The molecule has 124 valence electrons. The van der Waals surface area contributed by atoms with Gasteiger partial charge in [-0.2, -0.15) is 15.8 Å². The second-order valence-electron chi connectivity index (χ2n) is 6.29. The molecule has 0 fully saturated rings. The molecule has 1 aliphatic rings. The number of nitrogens with zero attached hydrogens (tertiary/aromatic N) is 3. The van der Waals surface area contributed by atoms with E-state index >= 15 is 0 Å². The van der Waals surface area contributed by atoms with Crippen molar-refractivity contribution in [3.05, 3.63) is 101 Å². The van der Waals surface area contributed by atoms with Gasteiger partial charge in [0, 0.05) is 5.57 Å². The molecule has 0 spiro atoms. The van der Waals surface area contributed by atoms with Crippen LogP contribution in [-0.2, 0) is 5.41 Å². The van der Waals surface area contributed by atoms with Crippen LogP contribution in [0.15, 0.2) is 84.4 Å². The normalized spacial score (nSPS) is 12.6. The SMILES string of the molecule is N#CC(C#N)=C(c1ccccc1)C1(C#N)c2ccccc2-c2ccccc21. The van der Waals surface area contributed by atoms with Crippen LogP contribution in [-0.4, -0.2) is 0 Å². The Morgan fingerprint density at radius 2 is 1.11 bits per heavy atom. The topological polar surface area (TPSA) is 71.4 Å². The summed E-state index contributed by atoms with van der Waals surface area (Å²) in [6.07, 6.45) is 0. The third-order valence-electron chi connectivity index (χ3n) is 5.03. The Kier molecular flexibility index (Phi) is 3.82. The zero-order valence-corrected chi connectivity index (χ0v) is 14.3. The monoisotopic (exact) mass is 343 g/mol. The fourth-order valence-electron chi connectivity index (χ4n) is 3.97. The van der Waals surface area contributed by atoms with E-state index in [2.05, 4.69) is 6.07 Å². The van der Waals surface area contributed by atoms with Crippen LogP contribution in [0.1, 0.15) is 16.7 Å². The molecule has 27 heavy (non-hydrogen) atoms. The van der Waals surface area contributed by atoms with Gasteiger partial charge in [0.1, 0.15) is 23.1 Å². The maximum absolute atomic E-state index is 10.5. The number of hydrogen-bond donors (Lipinski definition) is 0. The van der Waals surface area contributed by atoms with Gasteiger partial charge in [0.05, 0.1) is 6.07 Å². The lowest BCUT2D eigenvalue weighted by Crippen LogP contribution is -2.26. The molecule has 3 heteroatoms. The predicted molar refractivity (Wildman–Crippen MR) is 103 cm³/mol. The fourth-order valence-corrected chi connectivity index (χ4v) is 3.97.